The summed E-state index contributed by atoms with van der Waals surface area (Å²) in [5.74, 6) is -0.683. The van der Waals surface area contributed by atoms with Crippen molar-refractivity contribution < 1.29 is 23.8 Å². The zero-order valence-electron chi connectivity index (χ0n) is 14.8. The van der Waals surface area contributed by atoms with E-state index in [9.17, 15) is 19.5 Å². The zero-order valence-corrected chi connectivity index (χ0v) is 15.6. The van der Waals surface area contributed by atoms with Crippen LogP contribution in [0.15, 0.2) is 27.4 Å². The minimum atomic E-state index is -1.33. The molecule has 0 unspecified atom stereocenters. The van der Waals surface area contributed by atoms with Gasteiger partial charge in [0.15, 0.2) is 0 Å². The summed E-state index contributed by atoms with van der Waals surface area (Å²) in [5.41, 5.74) is 0.868. The average molecular weight is 378 g/mol. The van der Waals surface area contributed by atoms with Crippen LogP contribution in [0, 0.1) is 6.92 Å². The maximum absolute atomic E-state index is 12.3. The van der Waals surface area contributed by atoms with Crippen molar-refractivity contribution in [1.82, 2.24) is 5.32 Å². The van der Waals surface area contributed by atoms with E-state index in [1.54, 1.807) is 19.1 Å². The first-order chi connectivity index (χ1) is 12.4. The van der Waals surface area contributed by atoms with Crippen molar-refractivity contribution in [1.29, 1.82) is 0 Å². The van der Waals surface area contributed by atoms with E-state index < -0.39 is 23.5 Å². The molecule has 0 saturated heterocycles. The summed E-state index contributed by atoms with van der Waals surface area (Å²) in [6.07, 6.45) is 1.97. The Morgan fingerprint density at radius 3 is 2.73 bits per heavy atom. The molecule has 1 amide bonds. The number of aliphatic carboxylic acids is 1. The normalized spacial score (nSPS) is 12.0. The third-order valence-corrected chi connectivity index (χ3v) is 4.64. The highest BCUT2D eigenvalue weighted by atomic mass is 32.2. The second-order valence-corrected chi connectivity index (χ2v) is 6.74. The van der Waals surface area contributed by atoms with Crippen LogP contribution in [0.3, 0.4) is 0 Å². The molecule has 2 rings (SSSR count). The molecular formula is C18H20NO6S-. The van der Waals surface area contributed by atoms with Crippen LogP contribution in [0.4, 0.5) is 0 Å². The quantitative estimate of drug-likeness (QED) is 0.672. The van der Waals surface area contributed by atoms with Crippen molar-refractivity contribution in [3.8, 4) is 5.75 Å². The highest BCUT2D eigenvalue weighted by Crippen LogP contribution is 2.28. The van der Waals surface area contributed by atoms with Gasteiger partial charge in [-0.2, -0.15) is 11.8 Å². The first-order valence-electron chi connectivity index (χ1n) is 7.96. The third-order valence-electron chi connectivity index (χ3n) is 4.00. The monoisotopic (exact) mass is 378 g/mol. The predicted molar refractivity (Wildman–Crippen MR) is 97.4 cm³/mol. The number of carbonyl (C=O) groups excluding carboxylic acids is 2. The standard InChI is InChI=1S/C18H21NO6S/c1-10-14(24-2)5-4-12-11(9-16(21)25-17(10)12)8-15(20)19-13(18(22)23)6-7-26-3/h4-5,9,13H,6-8H2,1-3H3,(H,19,20)(H,22,23)/p-1/t13-/m0/s1. The molecule has 8 heteroatoms. The van der Waals surface area contributed by atoms with Crippen molar-refractivity contribution in [2.24, 2.45) is 0 Å². The Balaban J connectivity index is 2.30. The van der Waals surface area contributed by atoms with Gasteiger partial charge in [0.25, 0.3) is 0 Å². The van der Waals surface area contributed by atoms with Crippen molar-refractivity contribution in [2.45, 2.75) is 25.8 Å². The van der Waals surface area contributed by atoms with Crippen molar-refractivity contribution in [3.63, 3.8) is 0 Å². The molecule has 0 aliphatic carbocycles. The molecule has 1 aromatic carbocycles. The van der Waals surface area contributed by atoms with Gasteiger partial charge in [0.2, 0.25) is 5.91 Å². The topological polar surface area (TPSA) is 109 Å². The minimum absolute atomic E-state index is 0.142. The van der Waals surface area contributed by atoms with E-state index in [4.69, 9.17) is 9.15 Å². The molecule has 0 aliphatic rings. The van der Waals surface area contributed by atoms with Gasteiger partial charge in [-0.3, -0.25) is 4.79 Å². The number of benzene rings is 1. The summed E-state index contributed by atoms with van der Waals surface area (Å²) >= 11 is 1.48. The van der Waals surface area contributed by atoms with Gasteiger partial charge in [-0.1, -0.05) is 0 Å². The summed E-state index contributed by atoms with van der Waals surface area (Å²) < 4.78 is 10.5. The summed E-state index contributed by atoms with van der Waals surface area (Å²) in [6, 6.07) is 3.60. The van der Waals surface area contributed by atoms with Crippen molar-refractivity contribution in [3.05, 3.63) is 39.7 Å². The fourth-order valence-electron chi connectivity index (χ4n) is 2.68. The van der Waals surface area contributed by atoms with Crippen LogP contribution in [-0.4, -0.2) is 37.0 Å². The van der Waals surface area contributed by atoms with Crippen molar-refractivity contribution >= 4 is 34.6 Å². The Labute approximate surface area is 154 Å². The lowest BCUT2D eigenvalue weighted by Crippen LogP contribution is -2.48. The zero-order chi connectivity index (χ0) is 19.3. The van der Waals surface area contributed by atoms with E-state index in [0.29, 0.717) is 33.6 Å². The largest absolute Gasteiger partial charge is 0.548 e. The Bertz CT molecular complexity index is 876. The van der Waals surface area contributed by atoms with Gasteiger partial charge >= 0.3 is 5.63 Å². The summed E-state index contributed by atoms with van der Waals surface area (Å²) in [5, 5.41) is 14.2. The number of methoxy groups -OCH3 is 1. The molecule has 26 heavy (non-hydrogen) atoms. The number of nitrogens with one attached hydrogen (secondary N) is 1. The van der Waals surface area contributed by atoms with Crippen LogP contribution < -0.4 is 20.8 Å². The molecule has 0 fully saturated rings. The highest BCUT2D eigenvalue weighted by Gasteiger charge is 2.17. The van der Waals surface area contributed by atoms with E-state index in [0.717, 1.165) is 0 Å². The number of carboxylic acid groups (broad SMARTS) is 1. The molecular weight excluding hydrogens is 358 g/mol. The number of fused-ring (bicyclic) bond motifs is 1. The van der Waals surface area contributed by atoms with Crippen LogP contribution in [0.2, 0.25) is 0 Å². The molecule has 140 valence electrons. The van der Waals surface area contributed by atoms with Crippen LogP contribution in [0.25, 0.3) is 11.0 Å². The van der Waals surface area contributed by atoms with Gasteiger partial charge in [-0.15, -0.1) is 0 Å². The number of carbonyl (C=O) groups is 2. The molecule has 1 N–H and O–H groups in total. The van der Waals surface area contributed by atoms with Gasteiger partial charge in [0.1, 0.15) is 11.3 Å². The lowest BCUT2D eigenvalue weighted by atomic mass is 10.0. The molecule has 2 aromatic rings. The lowest BCUT2D eigenvalue weighted by Gasteiger charge is -2.19. The number of hydrogen-bond donors (Lipinski definition) is 1. The fourth-order valence-corrected chi connectivity index (χ4v) is 3.15. The molecule has 0 saturated carbocycles. The molecule has 7 nitrogen and oxygen atoms in total. The second kappa shape index (κ2) is 8.75. The SMILES string of the molecule is COc1ccc2c(CC(=O)N[C@@H](CCSC)C(=O)[O-])cc(=O)oc2c1C. The molecule has 1 aromatic heterocycles. The number of hydrogen-bond acceptors (Lipinski definition) is 7. The van der Waals surface area contributed by atoms with Crippen LogP contribution in [0.1, 0.15) is 17.5 Å². The number of rotatable bonds is 8. The van der Waals surface area contributed by atoms with Gasteiger partial charge < -0.3 is 24.4 Å². The minimum Gasteiger partial charge on any atom is -0.548 e. The average Bonchev–Trinajstić information content (AvgIpc) is 2.59. The van der Waals surface area contributed by atoms with Crippen LogP contribution >= 0.6 is 11.8 Å². The summed E-state index contributed by atoms with van der Waals surface area (Å²) in [4.78, 5) is 35.3. The van der Waals surface area contributed by atoms with Gasteiger partial charge in [-0.05, 0) is 43.0 Å². The summed E-state index contributed by atoms with van der Waals surface area (Å²) in [6.45, 7) is 1.75. The Morgan fingerprint density at radius 1 is 1.38 bits per heavy atom. The molecule has 1 atom stereocenters. The predicted octanol–water partition coefficient (Wildman–Crippen LogP) is 0.640. The van der Waals surface area contributed by atoms with Crippen LogP contribution in [0.5, 0.6) is 5.75 Å². The van der Waals surface area contributed by atoms with E-state index in [1.165, 1.54) is 24.9 Å². The molecule has 0 spiro atoms. The number of aryl methyl sites for hydroxylation is 1. The molecule has 1 heterocycles. The second-order valence-electron chi connectivity index (χ2n) is 5.76. The Morgan fingerprint density at radius 2 is 2.12 bits per heavy atom. The van der Waals surface area contributed by atoms with Crippen molar-refractivity contribution in [2.75, 3.05) is 19.1 Å². The Kier molecular flexibility index (Phi) is 6.68. The van der Waals surface area contributed by atoms with E-state index in [-0.39, 0.29) is 12.8 Å². The van der Waals surface area contributed by atoms with Crippen LogP contribution in [-0.2, 0) is 16.0 Å². The van der Waals surface area contributed by atoms with Gasteiger partial charge in [-0.25, -0.2) is 4.79 Å². The maximum Gasteiger partial charge on any atom is 0.336 e. The molecule has 0 radical (unpaired) electrons. The highest BCUT2D eigenvalue weighted by molar-refractivity contribution is 7.98. The maximum atomic E-state index is 12.3. The third kappa shape index (κ3) is 4.57. The summed E-state index contributed by atoms with van der Waals surface area (Å²) in [7, 11) is 1.51. The lowest BCUT2D eigenvalue weighted by molar-refractivity contribution is -0.308. The first-order valence-corrected chi connectivity index (χ1v) is 9.36. The molecule has 0 bridgehead atoms. The van der Waals surface area contributed by atoms with E-state index >= 15 is 0 Å². The van der Waals surface area contributed by atoms with Gasteiger partial charge in [0.05, 0.1) is 25.5 Å². The Hall–Kier alpha value is -2.48. The van der Waals surface area contributed by atoms with E-state index in [1.807, 2.05) is 6.26 Å². The number of thioether (sulfide) groups is 1. The smallest absolute Gasteiger partial charge is 0.336 e. The fraction of sp³-hybridized carbons (Fsp3) is 0.389. The van der Waals surface area contributed by atoms with Gasteiger partial charge in [0, 0.05) is 17.0 Å². The molecule has 0 aliphatic heterocycles. The number of carboxylic acids is 1. The van der Waals surface area contributed by atoms with E-state index in [2.05, 4.69) is 5.32 Å². The first kappa shape index (κ1) is 19.8. The number of amides is 1. The number of ether oxygens (including phenoxy) is 1.